The second kappa shape index (κ2) is 6.42. The highest BCUT2D eigenvalue weighted by molar-refractivity contribution is 6.18. The van der Waals surface area contributed by atoms with E-state index in [1.54, 1.807) is 0 Å². The van der Waals surface area contributed by atoms with Crippen molar-refractivity contribution in [1.29, 1.82) is 0 Å². The first-order valence-corrected chi connectivity index (χ1v) is 7.53. The molecule has 0 aromatic carbocycles. The first-order valence-electron chi connectivity index (χ1n) is 7.00. The van der Waals surface area contributed by atoms with Gasteiger partial charge in [0, 0.05) is 17.6 Å². The van der Waals surface area contributed by atoms with Crippen molar-refractivity contribution in [3.05, 3.63) is 11.8 Å². The molecule has 106 valence electrons. The molecule has 1 aliphatic carbocycles. The number of nitrogens with one attached hydrogen (secondary N) is 1. The molecule has 1 heterocycles. The number of rotatable bonds is 5. The molecule has 1 aromatic heterocycles. The average molecular weight is 284 g/mol. The van der Waals surface area contributed by atoms with E-state index in [-0.39, 0.29) is 5.54 Å². The highest BCUT2D eigenvalue weighted by Crippen LogP contribution is 2.32. The number of nitrogens with zero attached hydrogens (tertiary/aromatic N) is 2. The van der Waals surface area contributed by atoms with E-state index in [1.165, 1.54) is 19.3 Å². The van der Waals surface area contributed by atoms with Crippen LogP contribution in [0.1, 0.15) is 44.7 Å². The van der Waals surface area contributed by atoms with Crippen molar-refractivity contribution >= 4 is 17.5 Å². The van der Waals surface area contributed by atoms with Gasteiger partial charge in [-0.3, -0.25) is 0 Å². The Labute approximate surface area is 119 Å². The van der Waals surface area contributed by atoms with Gasteiger partial charge in [0.15, 0.2) is 0 Å². The fraction of sp³-hybridized carbons (Fsp3) is 0.714. The van der Waals surface area contributed by atoms with Crippen LogP contribution in [-0.2, 0) is 0 Å². The summed E-state index contributed by atoms with van der Waals surface area (Å²) >= 11 is 6.18. The predicted molar refractivity (Wildman–Crippen MR) is 78.1 cm³/mol. The molecule has 0 atom stereocenters. The zero-order valence-corrected chi connectivity index (χ0v) is 12.5. The summed E-state index contributed by atoms with van der Waals surface area (Å²) < 4.78 is 5.46. The molecular formula is C14H22ClN3O. The van der Waals surface area contributed by atoms with E-state index < -0.39 is 0 Å². The first-order chi connectivity index (χ1) is 9.17. The lowest BCUT2D eigenvalue weighted by Gasteiger charge is -2.36. The molecular weight excluding hydrogens is 262 g/mol. The Kier molecular flexibility index (Phi) is 4.86. The molecule has 0 amide bonds. The van der Waals surface area contributed by atoms with Crippen molar-refractivity contribution in [3.8, 4) is 5.88 Å². The number of aromatic nitrogens is 2. The fourth-order valence-electron chi connectivity index (χ4n) is 2.58. The third kappa shape index (κ3) is 3.72. The second-order valence-corrected chi connectivity index (χ2v) is 5.47. The largest absolute Gasteiger partial charge is 0.478 e. The SMILES string of the molecule is CCOc1cc(C)nc(NC2(CCl)CCCCC2)n1. The fourth-order valence-corrected chi connectivity index (χ4v) is 2.91. The predicted octanol–water partition coefficient (Wildman–Crippen LogP) is 3.54. The summed E-state index contributed by atoms with van der Waals surface area (Å²) in [5.41, 5.74) is 0.846. The summed E-state index contributed by atoms with van der Waals surface area (Å²) in [4.78, 5) is 8.85. The maximum atomic E-state index is 6.18. The number of ether oxygens (including phenoxy) is 1. The summed E-state index contributed by atoms with van der Waals surface area (Å²) in [7, 11) is 0. The van der Waals surface area contributed by atoms with Crippen LogP contribution in [0.25, 0.3) is 0 Å². The molecule has 0 spiro atoms. The first kappa shape index (κ1) is 14.4. The number of alkyl halides is 1. The Morgan fingerprint density at radius 2 is 2.05 bits per heavy atom. The molecule has 4 nitrogen and oxygen atoms in total. The normalized spacial score (nSPS) is 18.1. The van der Waals surface area contributed by atoms with Gasteiger partial charge in [-0.25, -0.2) is 4.98 Å². The second-order valence-electron chi connectivity index (χ2n) is 5.20. The van der Waals surface area contributed by atoms with Crippen molar-refractivity contribution in [2.24, 2.45) is 0 Å². The van der Waals surface area contributed by atoms with Crippen LogP contribution >= 0.6 is 11.6 Å². The van der Waals surface area contributed by atoms with Crippen molar-refractivity contribution in [3.63, 3.8) is 0 Å². The lowest BCUT2D eigenvalue weighted by Crippen LogP contribution is -2.42. The number of anilines is 1. The van der Waals surface area contributed by atoms with Gasteiger partial charge in [0.25, 0.3) is 0 Å². The van der Waals surface area contributed by atoms with Crippen LogP contribution in [0.5, 0.6) is 5.88 Å². The van der Waals surface area contributed by atoms with E-state index in [4.69, 9.17) is 16.3 Å². The van der Waals surface area contributed by atoms with E-state index in [0.29, 0.717) is 24.3 Å². The lowest BCUT2D eigenvalue weighted by molar-refractivity contribution is 0.324. The minimum atomic E-state index is -0.0584. The van der Waals surface area contributed by atoms with Crippen molar-refractivity contribution < 1.29 is 4.74 Å². The van der Waals surface area contributed by atoms with E-state index in [2.05, 4.69) is 15.3 Å². The molecule has 0 bridgehead atoms. The van der Waals surface area contributed by atoms with Gasteiger partial charge in [0.1, 0.15) is 0 Å². The molecule has 1 aromatic rings. The highest BCUT2D eigenvalue weighted by atomic mass is 35.5. The van der Waals surface area contributed by atoms with Crippen LogP contribution in [0.2, 0.25) is 0 Å². The molecule has 0 saturated heterocycles. The van der Waals surface area contributed by atoms with Crippen LogP contribution in [0.3, 0.4) is 0 Å². The summed E-state index contributed by atoms with van der Waals surface area (Å²) in [6, 6.07) is 1.85. The molecule has 2 rings (SSSR count). The van der Waals surface area contributed by atoms with Crippen LogP contribution < -0.4 is 10.1 Å². The Balaban J connectivity index is 2.16. The molecule has 1 aliphatic rings. The Hall–Kier alpha value is -1.03. The Bertz CT molecular complexity index is 419. The Morgan fingerprint density at radius 1 is 1.32 bits per heavy atom. The van der Waals surface area contributed by atoms with Crippen LogP contribution in [0, 0.1) is 6.92 Å². The maximum absolute atomic E-state index is 6.18. The highest BCUT2D eigenvalue weighted by Gasteiger charge is 2.31. The summed E-state index contributed by atoms with van der Waals surface area (Å²) in [5, 5.41) is 3.45. The van der Waals surface area contributed by atoms with Crippen molar-refractivity contribution in [2.45, 2.75) is 51.5 Å². The van der Waals surface area contributed by atoms with E-state index in [9.17, 15) is 0 Å². The van der Waals surface area contributed by atoms with Gasteiger partial charge >= 0.3 is 0 Å². The van der Waals surface area contributed by atoms with Crippen molar-refractivity contribution in [2.75, 3.05) is 17.8 Å². The van der Waals surface area contributed by atoms with Gasteiger partial charge in [-0.1, -0.05) is 19.3 Å². The Morgan fingerprint density at radius 3 is 2.68 bits per heavy atom. The smallest absolute Gasteiger partial charge is 0.226 e. The number of aryl methyl sites for hydroxylation is 1. The quantitative estimate of drug-likeness (QED) is 0.840. The maximum Gasteiger partial charge on any atom is 0.226 e. The summed E-state index contributed by atoms with van der Waals surface area (Å²) in [6.07, 6.45) is 5.88. The van der Waals surface area contributed by atoms with Crippen LogP contribution in [-0.4, -0.2) is 28.0 Å². The zero-order valence-electron chi connectivity index (χ0n) is 11.7. The number of halogens is 1. The number of hydrogen-bond acceptors (Lipinski definition) is 4. The van der Waals surface area contributed by atoms with Gasteiger partial charge in [0.05, 0.1) is 12.1 Å². The van der Waals surface area contributed by atoms with Gasteiger partial charge in [-0.05, 0) is 26.7 Å². The molecule has 1 fully saturated rings. The molecule has 0 aliphatic heterocycles. The standard InChI is InChI=1S/C14H22ClN3O/c1-3-19-12-9-11(2)16-13(17-12)18-14(10-15)7-5-4-6-8-14/h9H,3-8,10H2,1-2H3,(H,16,17,18). The van der Waals surface area contributed by atoms with Crippen molar-refractivity contribution in [1.82, 2.24) is 9.97 Å². The van der Waals surface area contributed by atoms with Crippen LogP contribution in [0.15, 0.2) is 6.07 Å². The van der Waals surface area contributed by atoms with E-state index in [1.807, 2.05) is 19.9 Å². The van der Waals surface area contributed by atoms with Gasteiger partial charge in [-0.2, -0.15) is 4.98 Å². The summed E-state index contributed by atoms with van der Waals surface area (Å²) in [5.74, 6) is 1.85. The van der Waals surface area contributed by atoms with E-state index >= 15 is 0 Å². The molecule has 0 radical (unpaired) electrons. The van der Waals surface area contributed by atoms with Gasteiger partial charge in [-0.15, -0.1) is 11.6 Å². The average Bonchev–Trinajstić information content (AvgIpc) is 2.39. The van der Waals surface area contributed by atoms with Gasteiger partial charge in [0.2, 0.25) is 11.8 Å². The minimum absolute atomic E-state index is 0.0584. The van der Waals surface area contributed by atoms with E-state index in [0.717, 1.165) is 18.5 Å². The van der Waals surface area contributed by atoms with Crippen LogP contribution in [0.4, 0.5) is 5.95 Å². The molecule has 5 heteroatoms. The molecule has 1 N–H and O–H groups in total. The lowest BCUT2D eigenvalue weighted by atomic mass is 9.83. The number of hydrogen-bond donors (Lipinski definition) is 1. The minimum Gasteiger partial charge on any atom is -0.478 e. The van der Waals surface area contributed by atoms with Gasteiger partial charge < -0.3 is 10.1 Å². The molecule has 19 heavy (non-hydrogen) atoms. The topological polar surface area (TPSA) is 47.0 Å². The monoisotopic (exact) mass is 283 g/mol. The molecule has 1 saturated carbocycles. The molecule has 0 unspecified atom stereocenters. The summed E-state index contributed by atoms with van der Waals surface area (Å²) in [6.45, 7) is 4.51. The third-order valence-electron chi connectivity index (χ3n) is 3.57. The third-order valence-corrected chi connectivity index (χ3v) is 4.08. The zero-order chi connectivity index (χ0) is 13.7.